The molecule has 1 N–H and O–H groups in total. The van der Waals surface area contributed by atoms with Crippen LogP contribution in [0.5, 0.6) is 0 Å². The Morgan fingerprint density at radius 3 is 2.81 bits per heavy atom. The van der Waals surface area contributed by atoms with Gasteiger partial charge < -0.3 is 19.9 Å². The van der Waals surface area contributed by atoms with E-state index in [0.29, 0.717) is 17.1 Å². The second-order valence-corrected chi connectivity index (χ2v) is 7.37. The summed E-state index contributed by atoms with van der Waals surface area (Å²) in [5, 5.41) is 3.37. The van der Waals surface area contributed by atoms with E-state index >= 15 is 0 Å². The first-order chi connectivity index (χ1) is 12.6. The number of likely N-dealkylation sites (N-methyl/N-ethyl adjacent to an activating group) is 1. The first-order valence-electron chi connectivity index (χ1n) is 9.19. The number of nitrogens with one attached hydrogen (secondary N) is 1. The van der Waals surface area contributed by atoms with Gasteiger partial charge in [0.05, 0.1) is 6.04 Å². The van der Waals surface area contributed by atoms with Crippen molar-refractivity contribution in [3.8, 4) is 0 Å². The van der Waals surface area contributed by atoms with Crippen molar-refractivity contribution in [1.29, 1.82) is 0 Å². The summed E-state index contributed by atoms with van der Waals surface area (Å²) >= 11 is 6.27. The van der Waals surface area contributed by atoms with E-state index in [1.54, 1.807) is 18.0 Å². The van der Waals surface area contributed by atoms with Crippen LogP contribution in [0.3, 0.4) is 0 Å². The van der Waals surface area contributed by atoms with Gasteiger partial charge in [-0.15, -0.1) is 0 Å². The van der Waals surface area contributed by atoms with Gasteiger partial charge in [-0.2, -0.15) is 0 Å². The van der Waals surface area contributed by atoms with Crippen LogP contribution in [-0.4, -0.2) is 67.6 Å². The lowest BCUT2D eigenvalue weighted by atomic mass is 9.98. The number of morpholine rings is 1. The van der Waals surface area contributed by atoms with E-state index in [4.69, 9.17) is 16.3 Å². The predicted molar refractivity (Wildman–Crippen MR) is 100 cm³/mol. The highest BCUT2D eigenvalue weighted by Crippen LogP contribution is 2.29. The first kappa shape index (κ1) is 19.1. The number of rotatable bonds is 6. The third-order valence-electron chi connectivity index (χ3n) is 5.04. The summed E-state index contributed by atoms with van der Waals surface area (Å²) < 4.78 is 5.60. The molecule has 0 aliphatic carbocycles. The first-order valence-corrected chi connectivity index (χ1v) is 9.57. The summed E-state index contributed by atoms with van der Waals surface area (Å²) in [6.07, 6.45) is 2.70. The predicted octanol–water partition coefficient (Wildman–Crippen LogP) is 1.84. The Balaban J connectivity index is 1.63. The number of hydrogen-bond acceptors (Lipinski definition) is 4. The number of carbonyl (C=O) groups is 2. The van der Waals surface area contributed by atoms with Gasteiger partial charge in [-0.25, -0.2) is 0 Å². The van der Waals surface area contributed by atoms with Crippen LogP contribution >= 0.6 is 11.6 Å². The monoisotopic (exact) mass is 379 g/mol. The van der Waals surface area contributed by atoms with Gasteiger partial charge in [0.25, 0.3) is 5.91 Å². The van der Waals surface area contributed by atoms with Crippen molar-refractivity contribution in [1.82, 2.24) is 15.1 Å². The third-order valence-corrected chi connectivity index (χ3v) is 5.38. The van der Waals surface area contributed by atoms with Crippen LogP contribution in [0.15, 0.2) is 24.3 Å². The van der Waals surface area contributed by atoms with Gasteiger partial charge in [0.2, 0.25) is 5.91 Å². The molecule has 7 heteroatoms. The molecule has 1 aromatic rings. The van der Waals surface area contributed by atoms with Crippen LogP contribution in [0.4, 0.5) is 0 Å². The fraction of sp³-hybridized carbons (Fsp3) is 0.579. The molecule has 2 unspecified atom stereocenters. The quantitative estimate of drug-likeness (QED) is 0.819. The van der Waals surface area contributed by atoms with E-state index < -0.39 is 12.1 Å². The van der Waals surface area contributed by atoms with Gasteiger partial charge in [0.15, 0.2) is 6.10 Å². The molecule has 142 valence electrons. The van der Waals surface area contributed by atoms with Crippen molar-refractivity contribution in [2.24, 2.45) is 0 Å². The lowest BCUT2D eigenvalue weighted by Gasteiger charge is -2.34. The molecule has 2 heterocycles. The van der Waals surface area contributed by atoms with Gasteiger partial charge in [-0.3, -0.25) is 9.59 Å². The molecule has 1 aromatic carbocycles. The molecule has 2 atom stereocenters. The lowest BCUT2D eigenvalue weighted by molar-refractivity contribution is -0.154. The van der Waals surface area contributed by atoms with Crippen LogP contribution in [0.25, 0.3) is 0 Å². The van der Waals surface area contributed by atoms with Gasteiger partial charge >= 0.3 is 0 Å². The molecule has 0 saturated carbocycles. The summed E-state index contributed by atoms with van der Waals surface area (Å²) in [5.41, 5.74) is 0.700. The zero-order valence-electron chi connectivity index (χ0n) is 15.1. The third kappa shape index (κ3) is 4.55. The van der Waals surface area contributed by atoms with E-state index in [1.165, 1.54) is 12.8 Å². The second-order valence-electron chi connectivity index (χ2n) is 6.96. The van der Waals surface area contributed by atoms with E-state index in [2.05, 4.69) is 10.2 Å². The number of halogens is 1. The van der Waals surface area contributed by atoms with E-state index in [0.717, 1.165) is 26.1 Å². The molecule has 2 aliphatic rings. The standard InChI is InChI=1S/C19H26ClN3O3/c1-22(9-6-12-23-10-4-5-11-23)19(25)18-17(21-16(24)13-26-18)14-7-2-3-8-15(14)20/h2-3,7-8,17-18H,4-6,9-13H2,1H3,(H,21,24). The molecular weight excluding hydrogens is 354 g/mol. The molecule has 0 radical (unpaired) electrons. The lowest BCUT2D eigenvalue weighted by Crippen LogP contribution is -2.53. The number of hydrogen-bond donors (Lipinski definition) is 1. The maximum absolute atomic E-state index is 12.9. The molecule has 2 fully saturated rings. The average Bonchev–Trinajstić information content (AvgIpc) is 3.15. The van der Waals surface area contributed by atoms with Gasteiger partial charge in [0.1, 0.15) is 6.61 Å². The highest BCUT2D eigenvalue weighted by molar-refractivity contribution is 6.31. The van der Waals surface area contributed by atoms with Crippen LogP contribution < -0.4 is 5.32 Å². The van der Waals surface area contributed by atoms with Gasteiger partial charge in [-0.05, 0) is 50.5 Å². The van der Waals surface area contributed by atoms with Crippen molar-refractivity contribution >= 4 is 23.4 Å². The Kier molecular flexibility index (Phi) is 6.51. The topological polar surface area (TPSA) is 61.9 Å². The summed E-state index contributed by atoms with van der Waals surface area (Å²) in [4.78, 5) is 28.9. The summed E-state index contributed by atoms with van der Waals surface area (Å²) in [6.45, 7) is 3.87. The van der Waals surface area contributed by atoms with Crippen molar-refractivity contribution < 1.29 is 14.3 Å². The highest BCUT2D eigenvalue weighted by Gasteiger charge is 2.38. The molecule has 26 heavy (non-hydrogen) atoms. The normalized spacial score (nSPS) is 23.7. The zero-order valence-corrected chi connectivity index (χ0v) is 15.9. The van der Waals surface area contributed by atoms with Crippen LogP contribution in [0, 0.1) is 0 Å². The van der Waals surface area contributed by atoms with E-state index in [9.17, 15) is 9.59 Å². The van der Waals surface area contributed by atoms with Gasteiger partial charge in [-0.1, -0.05) is 29.8 Å². The second kappa shape index (κ2) is 8.84. The van der Waals surface area contributed by atoms with E-state index in [1.807, 2.05) is 18.2 Å². The van der Waals surface area contributed by atoms with Crippen LogP contribution in [0.1, 0.15) is 30.9 Å². The average molecular weight is 380 g/mol. The largest absolute Gasteiger partial charge is 0.356 e. The van der Waals surface area contributed by atoms with Crippen LogP contribution in [-0.2, 0) is 14.3 Å². The highest BCUT2D eigenvalue weighted by atomic mass is 35.5. The summed E-state index contributed by atoms with van der Waals surface area (Å²) in [6, 6.07) is 6.65. The maximum Gasteiger partial charge on any atom is 0.253 e. The molecular formula is C19H26ClN3O3. The van der Waals surface area contributed by atoms with Gasteiger partial charge in [0, 0.05) is 18.6 Å². The minimum absolute atomic E-state index is 0.112. The molecule has 0 spiro atoms. The molecule has 2 aliphatic heterocycles. The fourth-order valence-electron chi connectivity index (χ4n) is 3.60. The Morgan fingerprint density at radius 1 is 1.35 bits per heavy atom. The molecule has 2 amide bonds. The Hall–Kier alpha value is -1.63. The number of benzene rings is 1. The number of nitrogens with zero attached hydrogens (tertiary/aromatic N) is 2. The molecule has 3 rings (SSSR count). The maximum atomic E-state index is 12.9. The van der Waals surface area contributed by atoms with Crippen molar-refractivity contribution in [2.45, 2.75) is 31.4 Å². The summed E-state index contributed by atoms with van der Waals surface area (Å²) in [5.74, 6) is -0.369. The van der Waals surface area contributed by atoms with Crippen molar-refractivity contribution in [3.63, 3.8) is 0 Å². The molecule has 6 nitrogen and oxygen atoms in total. The smallest absolute Gasteiger partial charge is 0.253 e. The molecule has 2 saturated heterocycles. The fourth-order valence-corrected chi connectivity index (χ4v) is 3.85. The Labute approximate surface area is 159 Å². The minimum atomic E-state index is -0.760. The van der Waals surface area contributed by atoms with E-state index in [-0.39, 0.29) is 18.4 Å². The minimum Gasteiger partial charge on any atom is -0.356 e. The molecule has 0 aromatic heterocycles. The Bertz CT molecular complexity index is 649. The number of likely N-dealkylation sites (tertiary alicyclic amines) is 1. The van der Waals surface area contributed by atoms with Crippen molar-refractivity contribution in [3.05, 3.63) is 34.9 Å². The summed E-state index contributed by atoms with van der Waals surface area (Å²) in [7, 11) is 1.79. The zero-order chi connectivity index (χ0) is 18.5. The SMILES string of the molecule is CN(CCCN1CCCC1)C(=O)C1OCC(=O)NC1c1ccccc1Cl. The number of ether oxygens (including phenoxy) is 1. The molecule has 0 bridgehead atoms. The Morgan fingerprint density at radius 2 is 2.08 bits per heavy atom. The van der Waals surface area contributed by atoms with Crippen LogP contribution in [0.2, 0.25) is 5.02 Å². The van der Waals surface area contributed by atoms with Crippen molar-refractivity contribution in [2.75, 3.05) is 39.8 Å². The number of amides is 2. The number of carbonyl (C=O) groups excluding carboxylic acids is 2.